The molecule has 2 aliphatic heterocycles. The van der Waals surface area contributed by atoms with Crippen LogP contribution < -0.4 is 9.65 Å². The topological polar surface area (TPSA) is 80.3 Å². The van der Waals surface area contributed by atoms with E-state index < -0.39 is 34.7 Å². The van der Waals surface area contributed by atoms with Gasteiger partial charge >= 0.3 is 17.2 Å². The van der Waals surface area contributed by atoms with Crippen LogP contribution in [0.4, 0.5) is 0 Å². The molecule has 0 saturated carbocycles. The van der Waals surface area contributed by atoms with E-state index in [0.29, 0.717) is 27.8 Å². The van der Waals surface area contributed by atoms with Gasteiger partial charge in [-0.15, -0.1) is 0 Å². The predicted molar refractivity (Wildman–Crippen MR) is 139 cm³/mol. The van der Waals surface area contributed by atoms with Gasteiger partial charge in [-0.1, -0.05) is 40.9 Å². The molecule has 7 nitrogen and oxygen atoms in total. The SMILES string of the molecule is CC1(C)OB(c2cc(C3OCCO3)cc(I)c2OS(=O)(=O)c2cc(Cl)c(Cl)cc2Cl)OC1(C)C. The first-order chi connectivity index (χ1) is 15.7. The third-order valence-corrected chi connectivity index (χ3v) is 9.14. The first-order valence-corrected chi connectivity index (χ1v) is 13.9. The molecular formula is C21H21BCl3IO7S. The lowest BCUT2D eigenvalue weighted by atomic mass is 9.77. The van der Waals surface area contributed by atoms with Gasteiger partial charge in [0.15, 0.2) is 12.0 Å². The number of hydrogen-bond donors (Lipinski definition) is 0. The molecule has 0 aliphatic carbocycles. The number of rotatable bonds is 5. The molecule has 2 aromatic rings. The van der Waals surface area contributed by atoms with Crippen LogP contribution in [-0.4, -0.2) is 40.0 Å². The third kappa shape index (κ3) is 5.08. The second-order valence-corrected chi connectivity index (χ2v) is 12.7. The summed E-state index contributed by atoms with van der Waals surface area (Å²) in [6.45, 7) is 8.51. The molecule has 0 unspecified atom stereocenters. The lowest BCUT2D eigenvalue weighted by Gasteiger charge is -2.32. The Bertz CT molecular complexity index is 1220. The van der Waals surface area contributed by atoms with Crippen molar-refractivity contribution in [2.75, 3.05) is 13.2 Å². The molecule has 34 heavy (non-hydrogen) atoms. The molecule has 0 N–H and O–H groups in total. The van der Waals surface area contributed by atoms with Gasteiger partial charge in [0.25, 0.3) is 0 Å². The monoisotopic (exact) mass is 660 g/mol. The summed E-state index contributed by atoms with van der Waals surface area (Å²) >= 11 is 20.1. The average Bonchev–Trinajstić information content (AvgIpc) is 3.32. The molecule has 2 saturated heterocycles. The van der Waals surface area contributed by atoms with Gasteiger partial charge in [-0.3, -0.25) is 0 Å². The molecule has 13 heteroatoms. The lowest BCUT2D eigenvalue weighted by Crippen LogP contribution is -2.41. The van der Waals surface area contributed by atoms with Crippen molar-refractivity contribution in [1.29, 1.82) is 0 Å². The highest BCUT2D eigenvalue weighted by atomic mass is 127. The van der Waals surface area contributed by atoms with E-state index in [-0.39, 0.29) is 25.7 Å². The molecule has 2 aromatic carbocycles. The molecule has 2 heterocycles. The van der Waals surface area contributed by atoms with Crippen molar-refractivity contribution >= 4 is 80.1 Å². The van der Waals surface area contributed by atoms with Gasteiger partial charge in [-0.05, 0) is 68.5 Å². The normalized spacial score (nSPS) is 20.2. The predicted octanol–water partition coefficient (Wildman–Crippen LogP) is 5.36. The second kappa shape index (κ2) is 9.53. The van der Waals surface area contributed by atoms with Gasteiger partial charge in [0, 0.05) is 11.0 Å². The third-order valence-electron chi connectivity index (χ3n) is 5.93. The zero-order valence-electron chi connectivity index (χ0n) is 18.7. The van der Waals surface area contributed by atoms with E-state index in [1.807, 2.05) is 50.3 Å². The minimum absolute atomic E-state index is 0.0278. The summed E-state index contributed by atoms with van der Waals surface area (Å²) in [5.74, 6) is 0.0444. The fourth-order valence-electron chi connectivity index (χ4n) is 3.41. The molecule has 4 rings (SSSR count). The summed E-state index contributed by atoms with van der Waals surface area (Å²) in [7, 11) is -5.31. The Hall–Kier alpha value is -0.305. The maximum absolute atomic E-state index is 13.3. The van der Waals surface area contributed by atoms with Gasteiger partial charge in [0.1, 0.15) is 4.90 Å². The summed E-state index contributed by atoms with van der Waals surface area (Å²) in [6.07, 6.45) is -0.593. The Balaban J connectivity index is 1.81. The van der Waals surface area contributed by atoms with E-state index in [9.17, 15) is 8.42 Å². The maximum Gasteiger partial charge on any atom is 0.498 e. The molecule has 0 aromatic heterocycles. The maximum atomic E-state index is 13.3. The summed E-state index contributed by atoms with van der Waals surface area (Å²) in [5.41, 5.74) is -0.269. The zero-order chi connectivity index (χ0) is 25.1. The fourth-order valence-corrected chi connectivity index (χ4v) is 6.29. The smallest absolute Gasteiger partial charge is 0.399 e. The van der Waals surface area contributed by atoms with Crippen molar-refractivity contribution in [3.8, 4) is 5.75 Å². The molecule has 0 radical (unpaired) electrons. The largest absolute Gasteiger partial charge is 0.498 e. The Morgan fingerprint density at radius 2 is 1.50 bits per heavy atom. The van der Waals surface area contributed by atoms with Crippen molar-refractivity contribution in [3.63, 3.8) is 0 Å². The van der Waals surface area contributed by atoms with Gasteiger partial charge < -0.3 is 23.0 Å². The zero-order valence-corrected chi connectivity index (χ0v) is 23.9. The first-order valence-electron chi connectivity index (χ1n) is 10.2. The van der Waals surface area contributed by atoms with Crippen LogP contribution in [0.25, 0.3) is 0 Å². The van der Waals surface area contributed by atoms with Crippen LogP contribution in [-0.2, 0) is 28.9 Å². The van der Waals surface area contributed by atoms with E-state index in [1.54, 1.807) is 12.1 Å². The van der Waals surface area contributed by atoms with Crippen molar-refractivity contribution < 1.29 is 31.4 Å². The number of ether oxygens (including phenoxy) is 2. The molecule has 0 bridgehead atoms. The quantitative estimate of drug-likeness (QED) is 0.185. The highest BCUT2D eigenvalue weighted by Gasteiger charge is 2.53. The van der Waals surface area contributed by atoms with Gasteiger partial charge in [-0.2, -0.15) is 8.42 Å². The molecule has 2 aliphatic rings. The Morgan fingerprint density at radius 1 is 0.941 bits per heavy atom. The van der Waals surface area contributed by atoms with Gasteiger partial charge in [0.2, 0.25) is 0 Å². The molecule has 2 fully saturated rings. The summed E-state index contributed by atoms with van der Waals surface area (Å²) in [6, 6.07) is 5.84. The van der Waals surface area contributed by atoms with Crippen LogP contribution >= 0.6 is 57.4 Å². The van der Waals surface area contributed by atoms with E-state index in [2.05, 4.69) is 0 Å². The second-order valence-electron chi connectivity index (χ2n) is 8.82. The standard InChI is InChI=1S/C21H21BCl3IO7S/c1-20(2)21(3,4)33-22(32-20)12-7-11(19-29-5-6-30-19)8-16(26)18(12)31-34(27,28)17-10-14(24)13(23)9-15(17)25/h7-10,19H,5-6H2,1-4H3. The summed E-state index contributed by atoms with van der Waals surface area (Å²) in [4.78, 5) is -0.314. The first kappa shape index (κ1) is 26.7. The van der Waals surface area contributed by atoms with Crippen molar-refractivity contribution in [2.45, 2.75) is 50.1 Å². The molecule has 0 atom stereocenters. The fraction of sp³-hybridized carbons (Fsp3) is 0.429. The van der Waals surface area contributed by atoms with E-state index >= 15 is 0 Å². The Labute approximate surface area is 227 Å². The van der Waals surface area contributed by atoms with E-state index in [0.717, 1.165) is 6.07 Å². The highest BCUT2D eigenvalue weighted by Crippen LogP contribution is 2.39. The Kier molecular flexibility index (Phi) is 7.50. The van der Waals surface area contributed by atoms with Gasteiger partial charge in [0.05, 0.1) is 43.1 Å². The van der Waals surface area contributed by atoms with Crippen molar-refractivity contribution in [2.24, 2.45) is 0 Å². The molecular weight excluding hydrogens is 640 g/mol. The van der Waals surface area contributed by atoms with Crippen LogP contribution in [0.1, 0.15) is 39.5 Å². The molecule has 184 valence electrons. The average molecular weight is 662 g/mol. The summed E-state index contributed by atoms with van der Waals surface area (Å²) < 4.78 is 56.3. The number of benzene rings is 2. The number of halogens is 4. The van der Waals surface area contributed by atoms with E-state index in [4.69, 9.17) is 57.8 Å². The number of hydrogen-bond acceptors (Lipinski definition) is 7. The van der Waals surface area contributed by atoms with Crippen LogP contribution in [0.5, 0.6) is 5.75 Å². The van der Waals surface area contributed by atoms with Crippen LogP contribution in [0, 0.1) is 3.57 Å². The minimum atomic E-state index is -4.40. The van der Waals surface area contributed by atoms with Crippen LogP contribution in [0.3, 0.4) is 0 Å². The van der Waals surface area contributed by atoms with E-state index in [1.165, 1.54) is 6.07 Å². The minimum Gasteiger partial charge on any atom is -0.399 e. The van der Waals surface area contributed by atoms with Crippen molar-refractivity contribution in [1.82, 2.24) is 0 Å². The lowest BCUT2D eigenvalue weighted by molar-refractivity contribution is -0.0441. The molecule has 0 amide bonds. The molecule has 0 spiro atoms. The summed E-state index contributed by atoms with van der Waals surface area (Å²) in [5, 5.41) is 0.0324. The van der Waals surface area contributed by atoms with Crippen molar-refractivity contribution in [3.05, 3.63) is 48.5 Å². The van der Waals surface area contributed by atoms with Crippen LogP contribution in [0.15, 0.2) is 29.2 Å². The van der Waals surface area contributed by atoms with Gasteiger partial charge in [-0.25, -0.2) is 0 Å². The van der Waals surface area contributed by atoms with Crippen LogP contribution in [0.2, 0.25) is 15.1 Å². The highest BCUT2D eigenvalue weighted by molar-refractivity contribution is 14.1. The Morgan fingerprint density at radius 3 is 2.09 bits per heavy atom.